The molecule has 50 valence electrons. The minimum absolute atomic E-state index is 0.172. The molecule has 0 spiro atoms. The summed E-state index contributed by atoms with van der Waals surface area (Å²) in [4.78, 5) is 11.7. The Hall–Kier alpha value is 0.420. The van der Waals surface area contributed by atoms with Gasteiger partial charge in [0.1, 0.15) is 0 Å². The van der Waals surface area contributed by atoms with E-state index in [9.17, 15) is 4.79 Å². The van der Waals surface area contributed by atoms with Gasteiger partial charge in [0.15, 0.2) is 0 Å². The predicted molar refractivity (Wildman–Crippen MR) is 43.5 cm³/mol. The van der Waals surface area contributed by atoms with Crippen molar-refractivity contribution in [2.75, 3.05) is 6.61 Å². The van der Waals surface area contributed by atoms with Gasteiger partial charge in [-0.05, 0) is 0 Å². The molecular formula is C4H4O2S3. The van der Waals surface area contributed by atoms with Crippen molar-refractivity contribution in [2.45, 2.75) is 0 Å². The van der Waals surface area contributed by atoms with Crippen molar-refractivity contribution in [2.24, 2.45) is 0 Å². The van der Waals surface area contributed by atoms with E-state index in [2.05, 4.69) is 25.3 Å². The van der Waals surface area contributed by atoms with E-state index in [-0.39, 0.29) is 5.12 Å². The van der Waals surface area contributed by atoms with E-state index in [4.69, 9.17) is 4.18 Å². The van der Waals surface area contributed by atoms with Gasteiger partial charge in [0.25, 0.3) is 5.12 Å². The first-order valence-corrected chi connectivity index (χ1v) is 3.80. The third-order valence-electron chi connectivity index (χ3n) is 0.797. The van der Waals surface area contributed by atoms with E-state index in [1.165, 1.54) is 0 Å². The first kappa shape index (κ1) is 7.53. The molecule has 1 aliphatic heterocycles. The standard InChI is InChI=1S/C4H4O2S3/c5-4-3(8)2(7)1-6-9-4/h7-8H,1H2. The molecule has 0 saturated heterocycles. The minimum Gasteiger partial charge on any atom is -0.302 e. The fourth-order valence-electron chi connectivity index (χ4n) is 0.364. The summed E-state index contributed by atoms with van der Waals surface area (Å²) in [6.45, 7) is 0.373. The highest BCUT2D eigenvalue weighted by Gasteiger charge is 2.16. The molecule has 0 amide bonds. The summed E-state index contributed by atoms with van der Waals surface area (Å²) in [5.74, 6) is 0. The zero-order valence-electron chi connectivity index (χ0n) is 4.33. The lowest BCUT2D eigenvalue weighted by Gasteiger charge is -2.09. The first-order valence-electron chi connectivity index (χ1n) is 2.16. The molecule has 0 atom stereocenters. The van der Waals surface area contributed by atoms with Crippen LogP contribution < -0.4 is 0 Å². The molecule has 0 N–H and O–H groups in total. The Morgan fingerprint density at radius 1 is 1.56 bits per heavy atom. The molecule has 0 aromatic carbocycles. The Balaban J connectivity index is 2.84. The maximum Gasteiger partial charge on any atom is 0.253 e. The van der Waals surface area contributed by atoms with Crippen LogP contribution in [0.25, 0.3) is 0 Å². The summed E-state index contributed by atoms with van der Waals surface area (Å²) in [5, 5.41) is -0.172. The van der Waals surface area contributed by atoms with Crippen LogP contribution in [-0.2, 0) is 8.98 Å². The Morgan fingerprint density at radius 2 is 2.22 bits per heavy atom. The number of hydrogen-bond donors (Lipinski definition) is 2. The zero-order valence-corrected chi connectivity index (χ0v) is 6.93. The molecule has 0 aliphatic carbocycles. The van der Waals surface area contributed by atoms with Gasteiger partial charge in [0, 0.05) is 4.91 Å². The molecule has 1 rings (SSSR count). The highest BCUT2D eigenvalue weighted by atomic mass is 32.2. The largest absolute Gasteiger partial charge is 0.302 e. The normalized spacial score (nSPS) is 20.9. The van der Waals surface area contributed by atoms with Crippen molar-refractivity contribution < 1.29 is 8.98 Å². The van der Waals surface area contributed by atoms with Crippen LogP contribution in [0.4, 0.5) is 0 Å². The molecule has 0 saturated carbocycles. The fraction of sp³-hybridized carbons (Fsp3) is 0.250. The predicted octanol–water partition coefficient (Wildman–Crippen LogP) is 1.26. The zero-order chi connectivity index (χ0) is 6.85. The number of hydrogen-bond acceptors (Lipinski definition) is 5. The van der Waals surface area contributed by atoms with Crippen molar-refractivity contribution in [3.8, 4) is 0 Å². The number of rotatable bonds is 0. The van der Waals surface area contributed by atoms with E-state index in [1.807, 2.05) is 0 Å². The van der Waals surface area contributed by atoms with Crippen molar-refractivity contribution in [3.05, 3.63) is 9.81 Å². The summed E-state index contributed by atoms with van der Waals surface area (Å²) < 4.78 is 4.75. The van der Waals surface area contributed by atoms with E-state index < -0.39 is 0 Å². The lowest BCUT2D eigenvalue weighted by Crippen LogP contribution is -2.04. The second-order valence-electron chi connectivity index (χ2n) is 1.43. The summed E-state index contributed by atoms with van der Waals surface area (Å²) in [6, 6.07) is 0. The number of carbonyl (C=O) groups excluding carboxylic acids is 1. The number of carbonyl (C=O) groups is 1. The lowest BCUT2D eigenvalue weighted by atomic mass is 10.5. The quantitative estimate of drug-likeness (QED) is 0.434. The topological polar surface area (TPSA) is 26.3 Å². The van der Waals surface area contributed by atoms with Crippen molar-refractivity contribution >= 4 is 42.4 Å². The van der Waals surface area contributed by atoms with Gasteiger partial charge in [0.05, 0.1) is 23.6 Å². The molecule has 0 bridgehead atoms. The lowest BCUT2D eigenvalue weighted by molar-refractivity contribution is -0.107. The van der Waals surface area contributed by atoms with Crippen LogP contribution in [0.1, 0.15) is 0 Å². The van der Waals surface area contributed by atoms with Gasteiger partial charge in [-0.15, -0.1) is 25.3 Å². The monoisotopic (exact) mass is 180 g/mol. The SMILES string of the molecule is O=C1SOCC(S)=C1S. The Kier molecular flexibility index (Phi) is 2.51. The average molecular weight is 180 g/mol. The van der Waals surface area contributed by atoms with Crippen LogP contribution in [-0.4, -0.2) is 11.7 Å². The third kappa shape index (κ3) is 1.67. The van der Waals surface area contributed by atoms with Crippen LogP contribution >= 0.6 is 37.3 Å². The Morgan fingerprint density at radius 3 is 2.67 bits per heavy atom. The Labute approximate surface area is 68.1 Å². The van der Waals surface area contributed by atoms with Gasteiger partial charge in [-0.2, -0.15) is 0 Å². The smallest absolute Gasteiger partial charge is 0.253 e. The van der Waals surface area contributed by atoms with Crippen LogP contribution in [0, 0.1) is 0 Å². The second-order valence-corrected chi connectivity index (χ2v) is 3.19. The molecule has 5 heteroatoms. The van der Waals surface area contributed by atoms with Gasteiger partial charge in [-0.3, -0.25) is 4.79 Å². The molecule has 0 fully saturated rings. The molecular weight excluding hydrogens is 176 g/mol. The van der Waals surface area contributed by atoms with Crippen LogP contribution in [0.15, 0.2) is 9.81 Å². The average Bonchev–Trinajstić information content (AvgIpc) is 1.83. The van der Waals surface area contributed by atoms with Gasteiger partial charge in [-0.1, -0.05) is 0 Å². The molecule has 0 unspecified atom stereocenters. The van der Waals surface area contributed by atoms with Crippen molar-refractivity contribution in [1.82, 2.24) is 0 Å². The Bertz CT molecular complexity index is 175. The molecule has 1 heterocycles. The maximum atomic E-state index is 10.7. The maximum absolute atomic E-state index is 10.7. The van der Waals surface area contributed by atoms with Gasteiger partial charge < -0.3 is 4.18 Å². The second kappa shape index (κ2) is 3.01. The van der Waals surface area contributed by atoms with Gasteiger partial charge in [0.2, 0.25) is 0 Å². The van der Waals surface area contributed by atoms with Gasteiger partial charge >= 0.3 is 0 Å². The molecule has 0 aromatic rings. The summed E-state index contributed by atoms with van der Waals surface area (Å²) in [7, 11) is 0. The highest BCUT2D eigenvalue weighted by molar-refractivity contribution is 8.12. The van der Waals surface area contributed by atoms with Crippen molar-refractivity contribution in [3.63, 3.8) is 0 Å². The number of thiol groups is 2. The molecule has 0 aromatic heterocycles. The summed E-state index contributed by atoms with van der Waals surface area (Å²) in [6.07, 6.45) is 0. The van der Waals surface area contributed by atoms with E-state index >= 15 is 0 Å². The third-order valence-corrected chi connectivity index (χ3v) is 2.54. The van der Waals surface area contributed by atoms with Crippen LogP contribution in [0.2, 0.25) is 0 Å². The van der Waals surface area contributed by atoms with Crippen LogP contribution in [0.5, 0.6) is 0 Å². The van der Waals surface area contributed by atoms with Gasteiger partial charge in [-0.25, -0.2) is 0 Å². The van der Waals surface area contributed by atoms with E-state index in [1.54, 1.807) is 0 Å². The first-order chi connectivity index (χ1) is 4.22. The summed E-state index contributed by atoms with van der Waals surface area (Å²) >= 11 is 8.67. The molecule has 1 aliphatic rings. The molecule has 9 heavy (non-hydrogen) atoms. The molecule has 2 nitrogen and oxygen atoms in total. The fourth-order valence-corrected chi connectivity index (χ4v) is 1.36. The van der Waals surface area contributed by atoms with E-state index in [0.29, 0.717) is 16.4 Å². The summed E-state index contributed by atoms with van der Waals surface area (Å²) in [5.41, 5.74) is 0. The highest BCUT2D eigenvalue weighted by Crippen LogP contribution is 2.26. The van der Waals surface area contributed by atoms with Crippen molar-refractivity contribution in [1.29, 1.82) is 0 Å². The van der Waals surface area contributed by atoms with Crippen LogP contribution in [0.3, 0.4) is 0 Å². The minimum atomic E-state index is -0.172. The molecule has 0 radical (unpaired) electrons. The van der Waals surface area contributed by atoms with E-state index in [0.717, 1.165) is 12.0 Å².